The Morgan fingerprint density at radius 2 is 2.05 bits per heavy atom. The minimum Gasteiger partial charge on any atom is -0.303 e. The fourth-order valence-electron chi connectivity index (χ4n) is 2.71. The highest BCUT2D eigenvalue weighted by molar-refractivity contribution is 8.01. The van der Waals surface area contributed by atoms with Crippen molar-refractivity contribution in [3.63, 3.8) is 0 Å². The van der Waals surface area contributed by atoms with E-state index in [2.05, 4.69) is 26.0 Å². The van der Waals surface area contributed by atoms with Gasteiger partial charge in [-0.3, -0.25) is 4.79 Å². The van der Waals surface area contributed by atoms with Crippen molar-refractivity contribution in [3.05, 3.63) is 35.4 Å². The van der Waals surface area contributed by atoms with Gasteiger partial charge in [-0.05, 0) is 38.5 Å². The van der Waals surface area contributed by atoms with Crippen LogP contribution in [0.2, 0.25) is 0 Å². The third-order valence-electron chi connectivity index (χ3n) is 3.67. The zero-order chi connectivity index (χ0) is 13.6. The predicted molar refractivity (Wildman–Crippen MR) is 80.8 cm³/mol. The average molecular weight is 294 g/mol. The zero-order valence-electron chi connectivity index (χ0n) is 11.0. The largest absolute Gasteiger partial charge is 0.303 e. The molecule has 3 rings (SSSR count). The van der Waals surface area contributed by atoms with Crippen molar-refractivity contribution in [2.75, 3.05) is 4.90 Å². The van der Waals surface area contributed by atoms with Crippen molar-refractivity contribution in [1.82, 2.24) is 0 Å². The summed E-state index contributed by atoms with van der Waals surface area (Å²) in [5.41, 5.74) is 1.02. The molecule has 1 aromatic carbocycles. The highest BCUT2D eigenvalue weighted by atomic mass is 35.5. The van der Waals surface area contributed by atoms with Crippen molar-refractivity contribution in [1.29, 1.82) is 0 Å². The number of thioether (sulfide) groups is 1. The number of amides is 1. The van der Waals surface area contributed by atoms with Crippen LogP contribution in [0.3, 0.4) is 0 Å². The molecule has 1 aromatic rings. The maximum absolute atomic E-state index is 12.5. The number of allylic oxidation sites excluding steroid dienone is 1. The number of nitrogens with zero attached hydrogens (tertiary/aromatic N) is 1. The number of hydrogen-bond acceptors (Lipinski definition) is 2. The molecule has 2 heterocycles. The predicted octanol–water partition coefficient (Wildman–Crippen LogP) is 4.19. The summed E-state index contributed by atoms with van der Waals surface area (Å²) in [5, 5.41) is 0.800. The van der Waals surface area contributed by atoms with Crippen molar-refractivity contribution in [2.24, 2.45) is 0 Å². The van der Waals surface area contributed by atoms with E-state index in [0.29, 0.717) is 12.8 Å². The van der Waals surface area contributed by atoms with Gasteiger partial charge in [0.05, 0.1) is 11.7 Å². The standard InChI is InChI=1S/C15H16ClNOS/c1-15(2)13-9-10(16)7-8-14(18)17(13)11-5-3-4-6-12(11)19-15/h3-6,9,13H,7-8H2,1-2H3/t13-/m1/s1. The molecule has 0 fully saturated rings. The molecule has 0 saturated carbocycles. The van der Waals surface area contributed by atoms with Crippen LogP contribution >= 0.6 is 23.4 Å². The second kappa shape index (κ2) is 4.57. The van der Waals surface area contributed by atoms with Crippen LogP contribution in [0.1, 0.15) is 26.7 Å². The molecule has 2 aliphatic rings. The smallest absolute Gasteiger partial charge is 0.227 e. The molecule has 0 saturated heterocycles. The average Bonchev–Trinajstić information content (AvgIpc) is 2.50. The molecule has 4 heteroatoms. The number of fused-ring (bicyclic) bond motifs is 3. The third-order valence-corrected chi connectivity index (χ3v) is 5.32. The van der Waals surface area contributed by atoms with Crippen LogP contribution in [0, 0.1) is 0 Å². The molecule has 1 amide bonds. The monoisotopic (exact) mass is 293 g/mol. The molecule has 0 aromatic heterocycles. The zero-order valence-corrected chi connectivity index (χ0v) is 12.6. The number of rotatable bonds is 0. The van der Waals surface area contributed by atoms with Gasteiger partial charge in [0.1, 0.15) is 0 Å². The van der Waals surface area contributed by atoms with Crippen LogP contribution in [-0.4, -0.2) is 16.7 Å². The lowest BCUT2D eigenvalue weighted by Crippen LogP contribution is -2.51. The van der Waals surface area contributed by atoms with Gasteiger partial charge in [-0.15, -0.1) is 11.8 Å². The van der Waals surface area contributed by atoms with E-state index in [4.69, 9.17) is 11.6 Å². The Labute approximate surface area is 122 Å². The van der Waals surface area contributed by atoms with Crippen LogP contribution in [0.15, 0.2) is 40.3 Å². The summed E-state index contributed by atoms with van der Waals surface area (Å²) in [7, 11) is 0. The molecule has 0 spiro atoms. The first-order chi connectivity index (χ1) is 8.99. The fraction of sp³-hybridized carbons (Fsp3) is 0.400. The van der Waals surface area contributed by atoms with Gasteiger partial charge in [0, 0.05) is 21.1 Å². The van der Waals surface area contributed by atoms with Gasteiger partial charge in [0.25, 0.3) is 0 Å². The maximum Gasteiger partial charge on any atom is 0.227 e. The highest BCUT2D eigenvalue weighted by Gasteiger charge is 2.43. The van der Waals surface area contributed by atoms with E-state index in [1.54, 1.807) is 0 Å². The van der Waals surface area contributed by atoms with Crippen LogP contribution in [0.25, 0.3) is 0 Å². The summed E-state index contributed by atoms with van der Waals surface area (Å²) >= 11 is 8.05. The molecule has 2 aliphatic heterocycles. The van der Waals surface area contributed by atoms with Gasteiger partial charge in [0.15, 0.2) is 0 Å². The number of benzene rings is 1. The van der Waals surface area contributed by atoms with E-state index in [1.165, 1.54) is 4.90 Å². The fourth-order valence-corrected chi connectivity index (χ4v) is 4.21. The van der Waals surface area contributed by atoms with Gasteiger partial charge < -0.3 is 4.90 Å². The number of para-hydroxylation sites is 1. The first kappa shape index (κ1) is 13.1. The lowest BCUT2D eigenvalue weighted by Gasteiger charge is -2.44. The molecule has 0 unspecified atom stereocenters. The van der Waals surface area contributed by atoms with E-state index >= 15 is 0 Å². The molecule has 0 bridgehead atoms. The normalized spacial score (nSPS) is 25.2. The van der Waals surface area contributed by atoms with Crippen molar-refractivity contribution in [2.45, 2.75) is 42.4 Å². The molecular weight excluding hydrogens is 278 g/mol. The van der Waals surface area contributed by atoms with E-state index < -0.39 is 0 Å². The van der Waals surface area contributed by atoms with E-state index in [1.807, 2.05) is 34.9 Å². The molecule has 0 N–H and O–H groups in total. The summed E-state index contributed by atoms with van der Waals surface area (Å²) in [4.78, 5) is 15.6. The molecule has 100 valence electrons. The van der Waals surface area contributed by atoms with Crippen molar-refractivity contribution in [3.8, 4) is 0 Å². The van der Waals surface area contributed by atoms with Gasteiger partial charge in [-0.2, -0.15) is 0 Å². The Morgan fingerprint density at radius 1 is 1.32 bits per heavy atom. The first-order valence-electron chi connectivity index (χ1n) is 6.45. The number of hydrogen-bond donors (Lipinski definition) is 0. The quantitative estimate of drug-likeness (QED) is 0.715. The molecule has 0 aliphatic carbocycles. The van der Waals surface area contributed by atoms with Crippen LogP contribution in [-0.2, 0) is 4.79 Å². The van der Waals surface area contributed by atoms with Crippen LogP contribution in [0.4, 0.5) is 5.69 Å². The molecule has 2 nitrogen and oxygen atoms in total. The Hall–Kier alpha value is -0.930. The van der Waals surface area contributed by atoms with E-state index in [-0.39, 0.29) is 16.7 Å². The number of halogens is 1. The summed E-state index contributed by atoms with van der Waals surface area (Å²) in [6.45, 7) is 4.34. The molecular formula is C15H16ClNOS. The number of carbonyl (C=O) groups excluding carboxylic acids is 1. The molecule has 1 atom stereocenters. The van der Waals surface area contributed by atoms with Crippen molar-refractivity contribution < 1.29 is 4.79 Å². The highest BCUT2D eigenvalue weighted by Crippen LogP contribution is 2.49. The molecule has 19 heavy (non-hydrogen) atoms. The Bertz CT molecular complexity index is 567. The van der Waals surface area contributed by atoms with Crippen molar-refractivity contribution >= 4 is 35.0 Å². The molecule has 0 radical (unpaired) electrons. The van der Waals surface area contributed by atoms with Crippen LogP contribution in [0.5, 0.6) is 0 Å². The van der Waals surface area contributed by atoms with Gasteiger partial charge in [-0.25, -0.2) is 0 Å². The SMILES string of the molecule is CC1(C)Sc2ccccc2N2C(=O)CCC(Cl)=C[C@@H]21. The third kappa shape index (κ3) is 2.19. The number of carbonyl (C=O) groups is 1. The minimum atomic E-state index is -0.0749. The summed E-state index contributed by atoms with van der Waals surface area (Å²) in [6, 6.07) is 8.14. The lowest BCUT2D eigenvalue weighted by molar-refractivity contribution is -0.118. The lowest BCUT2D eigenvalue weighted by atomic mass is 9.99. The second-order valence-electron chi connectivity index (χ2n) is 5.50. The van der Waals surface area contributed by atoms with Gasteiger partial charge >= 0.3 is 0 Å². The first-order valence-corrected chi connectivity index (χ1v) is 7.65. The second-order valence-corrected chi connectivity index (χ2v) is 7.68. The summed E-state index contributed by atoms with van der Waals surface area (Å²) in [6.07, 6.45) is 3.19. The van der Waals surface area contributed by atoms with Crippen LogP contribution < -0.4 is 4.90 Å². The van der Waals surface area contributed by atoms with Gasteiger partial charge in [0.2, 0.25) is 5.91 Å². The number of anilines is 1. The van der Waals surface area contributed by atoms with E-state index in [0.717, 1.165) is 10.7 Å². The minimum absolute atomic E-state index is 0.0231. The van der Waals surface area contributed by atoms with Gasteiger partial charge in [-0.1, -0.05) is 23.7 Å². The Balaban J connectivity index is 2.18. The Morgan fingerprint density at radius 3 is 2.84 bits per heavy atom. The van der Waals surface area contributed by atoms with E-state index in [9.17, 15) is 4.79 Å². The summed E-state index contributed by atoms with van der Waals surface area (Å²) in [5.74, 6) is 0.165. The Kier molecular flexibility index (Phi) is 3.14. The maximum atomic E-state index is 12.5. The topological polar surface area (TPSA) is 20.3 Å². The summed E-state index contributed by atoms with van der Waals surface area (Å²) < 4.78 is -0.0749.